The lowest BCUT2D eigenvalue weighted by Crippen LogP contribution is -2.26. The lowest BCUT2D eigenvalue weighted by Gasteiger charge is -2.15. The van der Waals surface area contributed by atoms with Crippen LogP contribution in [-0.2, 0) is 19.5 Å². The van der Waals surface area contributed by atoms with Crippen LogP contribution in [0.25, 0.3) is 0 Å². The number of rotatable bonds is 7. The van der Waals surface area contributed by atoms with E-state index >= 15 is 0 Å². The van der Waals surface area contributed by atoms with E-state index in [9.17, 15) is 8.42 Å². The molecule has 2 unspecified atom stereocenters. The van der Waals surface area contributed by atoms with Crippen LogP contribution >= 0.6 is 0 Å². The first-order valence-electron chi connectivity index (χ1n) is 5.67. The van der Waals surface area contributed by atoms with E-state index in [4.69, 9.17) is 14.6 Å². The Bertz CT molecular complexity index is 285. The first-order chi connectivity index (χ1) is 7.51. The summed E-state index contributed by atoms with van der Waals surface area (Å²) in [5.41, 5.74) is 0. The minimum absolute atomic E-state index is 0.00248. The van der Waals surface area contributed by atoms with Crippen molar-refractivity contribution < 1.29 is 17.9 Å². The van der Waals surface area contributed by atoms with Crippen LogP contribution in [0.3, 0.4) is 0 Å². The lowest BCUT2D eigenvalue weighted by molar-refractivity contribution is 0.0691. The molecule has 2 N–H and O–H groups in total. The summed E-state index contributed by atoms with van der Waals surface area (Å²) in [4.78, 5) is 0. The molecule has 0 aliphatic carbocycles. The van der Waals surface area contributed by atoms with Gasteiger partial charge in [0.25, 0.3) is 0 Å². The van der Waals surface area contributed by atoms with Crippen molar-refractivity contribution in [3.63, 3.8) is 0 Å². The lowest BCUT2D eigenvalue weighted by atomic mass is 10.1. The first kappa shape index (κ1) is 13.9. The Balaban J connectivity index is 2.18. The Hall–Kier alpha value is -0.170. The van der Waals surface area contributed by atoms with Gasteiger partial charge in [0.15, 0.2) is 0 Å². The SMILES string of the molecule is CCC(COCC1CCOC1)CS(N)(=O)=O. The molecule has 0 aromatic rings. The van der Waals surface area contributed by atoms with E-state index in [1.165, 1.54) is 0 Å². The normalized spacial score (nSPS) is 23.5. The molecular formula is C10H21NO4S. The number of nitrogens with two attached hydrogens (primary N) is 1. The van der Waals surface area contributed by atoms with Gasteiger partial charge in [-0.3, -0.25) is 0 Å². The highest BCUT2D eigenvalue weighted by Gasteiger charge is 2.18. The second kappa shape index (κ2) is 6.54. The van der Waals surface area contributed by atoms with Gasteiger partial charge < -0.3 is 9.47 Å². The minimum Gasteiger partial charge on any atom is -0.381 e. The third-order valence-corrected chi connectivity index (χ3v) is 3.71. The van der Waals surface area contributed by atoms with Crippen molar-refractivity contribution in [1.82, 2.24) is 0 Å². The van der Waals surface area contributed by atoms with Crippen LogP contribution in [0, 0.1) is 11.8 Å². The predicted octanol–water partition coefficient (Wildman–Crippen LogP) is 0.354. The maximum atomic E-state index is 10.9. The summed E-state index contributed by atoms with van der Waals surface area (Å²) >= 11 is 0. The molecule has 0 aromatic heterocycles. The van der Waals surface area contributed by atoms with Crippen LogP contribution in [-0.4, -0.2) is 40.6 Å². The summed E-state index contributed by atoms with van der Waals surface area (Å²) in [5.74, 6) is 0.467. The highest BCUT2D eigenvalue weighted by Crippen LogP contribution is 2.13. The van der Waals surface area contributed by atoms with E-state index in [0.717, 1.165) is 26.1 Å². The van der Waals surface area contributed by atoms with Crippen molar-refractivity contribution in [1.29, 1.82) is 0 Å². The van der Waals surface area contributed by atoms with Gasteiger partial charge in [-0.2, -0.15) is 0 Å². The van der Waals surface area contributed by atoms with Crippen molar-refractivity contribution in [2.45, 2.75) is 19.8 Å². The largest absolute Gasteiger partial charge is 0.381 e. The number of hydrogen-bond acceptors (Lipinski definition) is 4. The standard InChI is InChI=1S/C10H21NO4S/c1-2-9(8-16(11,12)13)5-15-7-10-3-4-14-6-10/h9-10H,2-8H2,1H3,(H2,11,12,13). The molecule has 1 saturated heterocycles. The number of hydrogen-bond donors (Lipinski definition) is 1. The molecule has 6 heteroatoms. The molecule has 0 amide bonds. The Kier molecular flexibility index (Phi) is 5.68. The molecule has 0 radical (unpaired) electrons. The third kappa shape index (κ3) is 5.79. The Morgan fingerprint density at radius 2 is 2.31 bits per heavy atom. The summed E-state index contributed by atoms with van der Waals surface area (Å²) in [6.07, 6.45) is 1.80. The fraction of sp³-hybridized carbons (Fsp3) is 1.00. The summed E-state index contributed by atoms with van der Waals surface area (Å²) in [6.45, 7) is 4.62. The van der Waals surface area contributed by atoms with Crippen LogP contribution < -0.4 is 5.14 Å². The maximum Gasteiger partial charge on any atom is 0.209 e. The third-order valence-electron chi connectivity index (χ3n) is 2.78. The second-order valence-electron chi connectivity index (χ2n) is 4.37. The van der Waals surface area contributed by atoms with Crippen molar-refractivity contribution in [2.75, 3.05) is 32.2 Å². The van der Waals surface area contributed by atoms with Gasteiger partial charge in [-0.05, 0) is 12.3 Å². The maximum absolute atomic E-state index is 10.9. The molecule has 96 valence electrons. The van der Waals surface area contributed by atoms with Crippen molar-refractivity contribution >= 4 is 10.0 Å². The zero-order chi connectivity index (χ0) is 12.0. The van der Waals surface area contributed by atoms with Crippen molar-refractivity contribution in [2.24, 2.45) is 17.0 Å². The molecular weight excluding hydrogens is 230 g/mol. The summed E-state index contributed by atoms with van der Waals surface area (Å²) in [5, 5.41) is 5.00. The van der Waals surface area contributed by atoms with Crippen LogP contribution in [0.5, 0.6) is 0 Å². The fourth-order valence-corrected chi connectivity index (χ4v) is 2.72. The van der Waals surface area contributed by atoms with Gasteiger partial charge in [0, 0.05) is 12.5 Å². The average molecular weight is 251 g/mol. The van der Waals surface area contributed by atoms with Gasteiger partial charge in [-0.1, -0.05) is 13.3 Å². The van der Waals surface area contributed by atoms with E-state index in [1.807, 2.05) is 6.92 Å². The van der Waals surface area contributed by atoms with Gasteiger partial charge in [0.05, 0.1) is 25.6 Å². The zero-order valence-corrected chi connectivity index (χ0v) is 10.5. The quantitative estimate of drug-likeness (QED) is 0.708. The number of sulfonamides is 1. The van der Waals surface area contributed by atoms with Gasteiger partial charge in [-0.15, -0.1) is 0 Å². The van der Waals surface area contributed by atoms with Gasteiger partial charge in [0.1, 0.15) is 0 Å². The second-order valence-corrected chi connectivity index (χ2v) is 6.03. The Morgan fingerprint density at radius 1 is 1.56 bits per heavy atom. The Labute approximate surface area is 97.3 Å². The molecule has 1 rings (SSSR count). The first-order valence-corrected chi connectivity index (χ1v) is 7.38. The average Bonchev–Trinajstić information content (AvgIpc) is 2.67. The van der Waals surface area contributed by atoms with Crippen molar-refractivity contribution in [3.05, 3.63) is 0 Å². The Morgan fingerprint density at radius 3 is 2.81 bits per heavy atom. The summed E-state index contributed by atoms with van der Waals surface area (Å²) in [6, 6.07) is 0. The molecule has 0 aromatic carbocycles. The predicted molar refractivity (Wildman–Crippen MR) is 61.5 cm³/mol. The molecule has 0 spiro atoms. The zero-order valence-electron chi connectivity index (χ0n) is 9.72. The summed E-state index contributed by atoms with van der Waals surface area (Å²) < 4.78 is 32.6. The van der Waals surface area contributed by atoms with Gasteiger partial charge in [0.2, 0.25) is 10.0 Å². The van der Waals surface area contributed by atoms with E-state index in [0.29, 0.717) is 19.1 Å². The highest BCUT2D eigenvalue weighted by molar-refractivity contribution is 7.89. The van der Waals surface area contributed by atoms with E-state index < -0.39 is 10.0 Å². The van der Waals surface area contributed by atoms with Gasteiger partial charge >= 0.3 is 0 Å². The van der Waals surface area contributed by atoms with Crippen LogP contribution in [0.4, 0.5) is 0 Å². The molecule has 1 aliphatic rings. The number of primary sulfonamides is 1. The molecule has 1 fully saturated rings. The molecule has 0 bridgehead atoms. The minimum atomic E-state index is -3.39. The van der Waals surface area contributed by atoms with Crippen LogP contribution in [0.2, 0.25) is 0 Å². The smallest absolute Gasteiger partial charge is 0.209 e. The summed E-state index contributed by atoms with van der Waals surface area (Å²) in [7, 11) is -3.39. The van der Waals surface area contributed by atoms with Crippen LogP contribution in [0.1, 0.15) is 19.8 Å². The fourth-order valence-electron chi connectivity index (χ4n) is 1.73. The number of ether oxygens (including phenoxy) is 2. The molecule has 2 atom stereocenters. The molecule has 5 nitrogen and oxygen atoms in total. The monoisotopic (exact) mass is 251 g/mol. The van der Waals surface area contributed by atoms with E-state index in [2.05, 4.69) is 0 Å². The molecule has 1 aliphatic heterocycles. The van der Waals surface area contributed by atoms with Crippen molar-refractivity contribution in [3.8, 4) is 0 Å². The molecule has 16 heavy (non-hydrogen) atoms. The van der Waals surface area contributed by atoms with Crippen LogP contribution in [0.15, 0.2) is 0 Å². The topological polar surface area (TPSA) is 78.6 Å². The van der Waals surface area contributed by atoms with E-state index in [-0.39, 0.29) is 11.7 Å². The van der Waals surface area contributed by atoms with E-state index in [1.54, 1.807) is 0 Å². The molecule has 0 saturated carbocycles. The molecule has 1 heterocycles. The van der Waals surface area contributed by atoms with Gasteiger partial charge in [-0.25, -0.2) is 13.6 Å². The highest BCUT2D eigenvalue weighted by atomic mass is 32.2.